The molecule has 0 aromatic rings. The lowest BCUT2D eigenvalue weighted by molar-refractivity contribution is 0.0196. The van der Waals surface area contributed by atoms with Crippen LogP contribution in [0.5, 0.6) is 0 Å². The quantitative estimate of drug-likeness (QED) is 0.328. The molecule has 0 spiro atoms. The van der Waals surface area contributed by atoms with Crippen LogP contribution < -0.4 is 10.6 Å². The first-order valence-electron chi connectivity index (χ1n) is 5.05. The number of nitrogens with zero attached hydrogens (tertiary/aromatic N) is 1. The molecule has 0 aliphatic heterocycles. The molecule has 1 rings (SSSR count). The van der Waals surface area contributed by atoms with Crippen molar-refractivity contribution in [3.8, 4) is 0 Å². The summed E-state index contributed by atoms with van der Waals surface area (Å²) in [6, 6.07) is 0.526. The van der Waals surface area contributed by atoms with Gasteiger partial charge in [-0.25, -0.2) is 8.78 Å². The summed E-state index contributed by atoms with van der Waals surface area (Å²) >= 11 is 0. The van der Waals surface area contributed by atoms with Crippen LogP contribution in [0.15, 0.2) is 4.99 Å². The summed E-state index contributed by atoms with van der Waals surface area (Å²) in [4.78, 5) is 3.99. The molecule has 0 aromatic heterocycles. The van der Waals surface area contributed by atoms with E-state index >= 15 is 0 Å². The SMILES string of the molecule is CN=C(NCCOCC(F)F)NC1CC1.I. The van der Waals surface area contributed by atoms with Gasteiger partial charge in [0.15, 0.2) is 5.96 Å². The summed E-state index contributed by atoms with van der Waals surface area (Å²) in [6.45, 7) is 0.241. The van der Waals surface area contributed by atoms with Crippen molar-refractivity contribution in [2.24, 2.45) is 4.99 Å². The van der Waals surface area contributed by atoms with Crippen LogP contribution in [-0.2, 0) is 4.74 Å². The second-order valence-corrected chi connectivity index (χ2v) is 3.38. The summed E-state index contributed by atoms with van der Waals surface area (Å²) in [5, 5.41) is 6.16. The van der Waals surface area contributed by atoms with E-state index in [4.69, 9.17) is 4.74 Å². The summed E-state index contributed by atoms with van der Waals surface area (Å²) in [7, 11) is 1.68. The Bertz CT molecular complexity index is 213. The highest BCUT2D eigenvalue weighted by atomic mass is 127. The molecule has 4 nitrogen and oxygen atoms in total. The maximum Gasteiger partial charge on any atom is 0.261 e. The smallest absolute Gasteiger partial charge is 0.261 e. The lowest BCUT2D eigenvalue weighted by Gasteiger charge is -2.10. The van der Waals surface area contributed by atoms with Crippen LogP contribution in [0.3, 0.4) is 0 Å². The minimum Gasteiger partial charge on any atom is -0.374 e. The molecule has 0 aromatic carbocycles. The Morgan fingerprint density at radius 3 is 2.69 bits per heavy atom. The Morgan fingerprint density at radius 2 is 2.19 bits per heavy atom. The van der Waals surface area contributed by atoms with Crippen molar-refractivity contribution in [2.45, 2.75) is 25.3 Å². The summed E-state index contributed by atoms with van der Waals surface area (Å²) in [5.41, 5.74) is 0. The zero-order valence-corrected chi connectivity index (χ0v) is 11.5. The van der Waals surface area contributed by atoms with E-state index in [0.717, 1.165) is 0 Å². The number of ether oxygens (including phenoxy) is 1. The number of guanidine groups is 1. The Labute approximate surface area is 111 Å². The van der Waals surface area contributed by atoms with Gasteiger partial charge in [-0.15, -0.1) is 24.0 Å². The third kappa shape index (κ3) is 8.03. The average molecular weight is 349 g/mol. The normalized spacial score (nSPS) is 15.9. The maximum atomic E-state index is 11.7. The van der Waals surface area contributed by atoms with Gasteiger partial charge in [0.05, 0.1) is 6.61 Å². The van der Waals surface area contributed by atoms with Gasteiger partial charge in [0.1, 0.15) is 6.61 Å². The predicted molar refractivity (Wildman–Crippen MR) is 69.8 cm³/mol. The van der Waals surface area contributed by atoms with E-state index in [2.05, 4.69) is 15.6 Å². The summed E-state index contributed by atoms with van der Waals surface area (Å²) in [6.07, 6.45) is -0.0561. The lowest BCUT2D eigenvalue weighted by atomic mass is 10.6. The fraction of sp³-hybridized carbons (Fsp3) is 0.889. The Hall–Kier alpha value is -0.180. The number of hydrogen-bond donors (Lipinski definition) is 2. The van der Waals surface area contributed by atoms with E-state index in [0.29, 0.717) is 18.5 Å². The number of aliphatic imine (C=N–C) groups is 1. The summed E-state index contributed by atoms with van der Waals surface area (Å²) < 4.78 is 28.1. The molecule has 1 fully saturated rings. The Morgan fingerprint density at radius 1 is 1.50 bits per heavy atom. The molecule has 2 N–H and O–H groups in total. The monoisotopic (exact) mass is 349 g/mol. The topological polar surface area (TPSA) is 45.7 Å². The minimum atomic E-state index is -2.39. The molecular formula is C9H18F2IN3O. The van der Waals surface area contributed by atoms with E-state index in [9.17, 15) is 8.78 Å². The standard InChI is InChI=1S/C9H17F2N3O.HI/c1-12-9(14-7-2-3-7)13-4-5-15-6-8(10)11;/h7-8H,2-6H2,1H3,(H2,12,13,14);1H. The van der Waals surface area contributed by atoms with E-state index in [1.54, 1.807) is 7.05 Å². The minimum absolute atomic E-state index is 0. The van der Waals surface area contributed by atoms with E-state index in [-0.39, 0.29) is 30.6 Å². The first-order chi connectivity index (χ1) is 7.22. The van der Waals surface area contributed by atoms with Crippen LogP contribution in [0.25, 0.3) is 0 Å². The van der Waals surface area contributed by atoms with Crippen molar-refractivity contribution in [3.63, 3.8) is 0 Å². The highest BCUT2D eigenvalue weighted by Gasteiger charge is 2.21. The van der Waals surface area contributed by atoms with Crippen LogP contribution in [0.2, 0.25) is 0 Å². The van der Waals surface area contributed by atoms with Gasteiger partial charge in [0.2, 0.25) is 0 Å². The Balaban J connectivity index is 0.00000225. The van der Waals surface area contributed by atoms with Crippen molar-refractivity contribution < 1.29 is 13.5 Å². The first-order valence-corrected chi connectivity index (χ1v) is 5.05. The molecule has 1 aliphatic carbocycles. The van der Waals surface area contributed by atoms with Gasteiger partial charge in [-0.3, -0.25) is 4.99 Å². The molecule has 7 heteroatoms. The third-order valence-corrected chi connectivity index (χ3v) is 1.92. The van der Waals surface area contributed by atoms with Gasteiger partial charge < -0.3 is 15.4 Å². The first kappa shape index (κ1) is 15.8. The van der Waals surface area contributed by atoms with Crippen LogP contribution in [0.1, 0.15) is 12.8 Å². The van der Waals surface area contributed by atoms with Gasteiger partial charge >= 0.3 is 0 Å². The molecule has 1 aliphatic rings. The second kappa shape index (κ2) is 8.91. The number of hydrogen-bond acceptors (Lipinski definition) is 2. The van der Waals surface area contributed by atoms with Gasteiger partial charge in [-0.2, -0.15) is 0 Å². The third-order valence-electron chi connectivity index (χ3n) is 1.92. The fourth-order valence-corrected chi connectivity index (χ4v) is 1.03. The van der Waals surface area contributed by atoms with E-state index in [1.165, 1.54) is 12.8 Å². The number of rotatable bonds is 6. The van der Waals surface area contributed by atoms with Crippen molar-refractivity contribution in [1.29, 1.82) is 0 Å². The average Bonchev–Trinajstić information content (AvgIpc) is 2.99. The molecule has 16 heavy (non-hydrogen) atoms. The van der Waals surface area contributed by atoms with Gasteiger partial charge in [0.25, 0.3) is 6.43 Å². The molecule has 0 amide bonds. The molecule has 0 radical (unpaired) electrons. The molecule has 0 unspecified atom stereocenters. The predicted octanol–water partition coefficient (Wildman–Crippen LogP) is 1.21. The van der Waals surface area contributed by atoms with Gasteiger partial charge in [-0.05, 0) is 12.8 Å². The molecule has 0 bridgehead atoms. The van der Waals surface area contributed by atoms with Crippen molar-refractivity contribution in [3.05, 3.63) is 0 Å². The molecule has 0 heterocycles. The molecule has 0 saturated heterocycles. The van der Waals surface area contributed by atoms with Gasteiger partial charge in [-0.1, -0.05) is 0 Å². The largest absolute Gasteiger partial charge is 0.374 e. The fourth-order valence-electron chi connectivity index (χ4n) is 1.03. The highest BCUT2D eigenvalue weighted by Crippen LogP contribution is 2.18. The van der Waals surface area contributed by atoms with Crippen molar-refractivity contribution in [1.82, 2.24) is 10.6 Å². The molecule has 1 saturated carbocycles. The van der Waals surface area contributed by atoms with Crippen molar-refractivity contribution in [2.75, 3.05) is 26.8 Å². The zero-order chi connectivity index (χ0) is 11.1. The molecule has 96 valence electrons. The molecule has 0 atom stereocenters. The number of nitrogens with one attached hydrogen (secondary N) is 2. The van der Waals surface area contributed by atoms with Gasteiger partial charge in [0, 0.05) is 19.6 Å². The number of halogens is 3. The second-order valence-electron chi connectivity index (χ2n) is 3.38. The van der Waals surface area contributed by atoms with Crippen LogP contribution in [0, 0.1) is 0 Å². The lowest BCUT2D eigenvalue weighted by Crippen LogP contribution is -2.40. The number of alkyl halides is 2. The maximum absolute atomic E-state index is 11.7. The van der Waals surface area contributed by atoms with Crippen molar-refractivity contribution >= 4 is 29.9 Å². The van der Waals surface area contributed by atoms with Crippen LogP contribution in [-0.4, -0.2) is 45.2 Å². The van der Waals surface area contributed by atoms with Crippen LogP contribution in [0.4, 0.5) is 8.78 Å². The highest BCUT2D eigenvalue weighted by molar-refractivity contribution is 14.0. The zero-order valence-electron chi connectivity index (χ0n) is 9.21. The van der Waals surface area contributed by atoms with E-state index < -0.39 is 13.0 Å². The molecular weight excluding hydrogens is 331 g/mol. The van der Waals surface area contributed by atoms with Crippen LogP contribution >= 0.6 is 24.0 Å². The van der Waals surface area contributed by atoms with E-state index in [1.807, 2.05) is 0 Å². The summed E-state index contributed by atoms with van der Waals surface area (Å²) in [5.74, 6) is 0.707. The Kier molecular flexibility index (Phi) is 8.81.